The minimum atomic E-state index is -0.886. The average Bonchev–Trinajstić information content (AvgIpc) is 3.45. The van der Waals surface area contributed by atoms with Crippen LogP contribution in [0, 0.1) is 11.6 Å². The zero-order chi connectivity index (χ0) is 32.9. The lowest BCUT2D eigenvalue weighted by atomic mass is 10.0. The first-order chi connectivity index (χ1) is 22.8. The number of pyridine rings is 1. The van der Waals surface area contributed by atoms with Crippen molar-refractivity contribution in [3.63, 3.8) is 0 Å². The van der Waals surface area contributed by atoms with Crippen molar-refractivity contribution in [3.8, 4) is 34.1 Å². The molecule has 0 saturated heterocycles. The van der Waals surface area contributed by atoms with Gasteiger partial charge >= 0.3 is 0 Å². The number of amides is 1. The molecule has 10 nitrogen and oxygen atoms in total. The summed E-state index contributed by atoms with van der Waals surface area (Å²) in [6.07, 6.45) is 3.44. The summed E-state index contributed by atoms with van der Waals surface area (Å²) >= 11 is 0. The third-order valence-corrected chi connectivity index (χ3v) is 7.24. The Labute approximate surface area is 269 Å². The molecular weight excluding hydrogens is 604 g/mol. The van der Waals surface area contributed by atoms with Crippen LogP contribution in [-0.2, 0) is 0 Å². The Kier molecular flexibility index (Phi) is 9.02. The molecule has 6 rings (SSSR count). The minimum Gasteiger partial charge on any atom is -0.497 e. The Morgan fingerprint density at radius 1 is 0.936 bits per heavy atom. The van der Waals surface area contributed by atoms with Crippen molar-refractivity contribution < 1.29 is 23.0 Å². The van der Waals surface area contributed by atoms with Crippen LogP contribution >= 0.6 is 0 Å². The van der Waals surface area contributed by atoms with E-state index in [1.54, 1.807) is 62.0 Å². The van der Waals surface area contributed by atoms with E-state index in [-0.39, 0.29) is 11.3 Å². The molecule has 0 bridgehead atoms. The first kappa shape index (κ1) is 31.1. The number of hydrogen-bond donors (Lipinski definition) is 2. The fourth-order valence-corrected chi connectivity index (χ4v) is 4.94. The monoisotopic (exact) mass is 635 g/mol. The van der Waals surface area contributed by atoms with Crippen molar-refractivity contribution in [2.24, 2.45) is 0 Å². The first-order valence-corrected chi connectivity index (χ1v) is 14.7. The van der Waals surface area contributed by atoms with Crippen LogP contribution in [0.5, 0.6) is 11.5 Å². The van der Waals surface area contributed by atoms with Gasteiger partial charge in [-0.15, -0.1) is 0 Å². The van der Waals surface area contributed by atoms with Crippen molar-refractivity contribution in [1.29, 1.82) is 0 Å². The Morgan fingerprint density at radius 3 is 2.60 bits per heavy atom. The second kappa shape index (κ2) is 13.6. The van der Waals surface area contributed by atoms with Gasteiger partial charge in [0.1, 0.15) is 35.4 Å². The van der Waals surface area contributed by atoms with Gasteiger partial charge in [-0.05, 0) is 56.6 Å². The lowest BCUT2D eigenvalue weighted by molar-refractivity contribution is 0.102. The number of imidazole rings is 1. The number of benzene rings is 3. The molecule has 3 aromatic heterocycles. The normalized spacial score (nSPS) is 11.1. The third kappa shape index (κ3) is 7.02. The van der Waals surface area contributed by atoms with Gasteiger partial charge in [0.2, 0.25) is 5.95 Å². The van der Waals surface area contributed by atoms with Gasteiger partial charge < -0.3 is 25.0 Å². The van der Waals surface area contributed by atoms with Gasteiger partial charge in [-0.3, -0.25) is 9.20 Å². The molecule has 0 radical (unpaired) electrons. The number of halogens is 2. The Bertz CT molecular complexity index is 2070. The molecule has 238 valence electrons. The summed E-state index contributed by atoms with van der Waals surface area (Å²) in [5, 5.41) is 5.80. The fraction of sp³-hybridized carbons (Fsp3) is 0.143. The molecule has 0 fully saturated rings. The molecule has 1 amide bonds. The number of carbonyl (C=O) groups excluding carboxylic acids is 1. The molecule has 47 heavy (non-hydrogen) atoms. The summed E-state index contributed by atoms with van der Waals surface area (Å²) in [5.41, 5.74) is 3.39. The zero-order valence-corrected chi connectivity index (χ0v) is 25.9. The largest absolute Gasteiger partial charge is 0.497 e. The zero-order valence-electron chi connectivity index (χ0n) is 25.9. The number of aromatic nitrogens is 4. The maximum atomic E-state index is 14.4. The molecule has 3 heterocycles. The highest BCUT2D eigenvalue weighted by Crippen LogP contribution is 2.35. The molecule has 3 aromatic carbocycles. The standard InChI is InChI=1S/C35H31F2N7O3/c1-43(2)17-18-47-25-8-6-7-23(20-25)39-35-38-15-13-30(41-35)33-32(42-31-21-24(46-3)14-16-44(31)33)26-9-4-5-10-27(26)34(45)40-29-12-11-22(36)19-28(29)37/h4-16,19-21H,17-18H2,1-3H3,(H,40,45)(H,38,39,41). The van der Waals surface area contributed by atoms with Gasteiger partial charge in [-0.25, -0.2) is 23.7 Å². The summed E-state index contributed by atoms with van der Waals surface area (Å²) < 4.78 is 41.1. The lowest BCUT2D eigenvalue weighted by Gasteiger charge is -2.13. The Balaban J connectivity index is 1.39. The van der Waals surface area contributed by atoms with Gasteiger partial charge in [-0.2, -0.15) is 0 Å². The molecule has 0 aliphatic rings. The molecule has 0 unspecified atom stereocenters. The fourth-order valence-electron chi connectivity index (χ4n) is 4.94. The number of fused-ring (bicyclic) bond motifs is 1. The van der Waals surface area contributed by atoms with Crippen LogP contribution in [0.1, 0.15) is 10.4 Å². The quantitative estimate of drug-likeness (QED) is 0.162. The highest BCUT2D eigenvalue weighted by molar-refractivity contribution is 6.09. The predicted octanol–water partition coefficient (Wildman–Crippen LogP) is 6.68. The molecule has 6 aromatic rings. The van der Waals surface area contributed by atoms with Crippen LogP contribution in [0.25, 0.3) is 28.3 Å². The van der Waals surface area contributed by atoms with E-state index < -0.39 is 17.5 Å². The predicted molar refractivity (Wildman–Crippen MR) is 176 cm³/mol. The number of anilines is 3. The number of rotatable bonds is 11. The van der Waals surface area contributed by atoms with Crippen molar-refractivity contribution in [2.45, 2.75) is 0 Å². The topological polar surface area (TPSA) is 106 Å². The van der Waals surface area contributed by atoms with E-state index in [0.29, 0.717) is 58.4 Å². The second-order valence-corrected chi connectivity index (χ2v) is 10.8. The SMILES string of the molecule is COc1ccn2c(-c3ccnc(Nc4cccc(OCCN(C)C)c4)n3)c(-c3ccccc3C(=O)Nc3ccc(F)cc3F)nc2c1. The first-order valence-electron chi connectivity index (χ1n) is 14.7. The number of nitrogens with one attached hydrogen (secondary N) is 2. The number of nitrogens with zero attached hydrogens (tertiary/aromatic N) is 5. The van der Waals surface area contributed by atoms with Crippen molar-refractivity contribution in [2.75, 3.05) is 45.0 Å². The molecule has 0 aliphatic carbocycles. The van der Waals surface area contributed by atoms with Crippen molar-refractivity contribution >= 4 is 28.9 Å². The highest BCUT2D eigenvalue weighted by atomic mass is 19.1. The number of ether oxygens (including phenoxy) is 2. The van der Waals surface area contributed by atoms with Gasteiger partial charge in [0.25, 0.3) is 5.91 Å². The van der Waals surface area contributed by atoms with Crippen LogP contribution < -0.4 is 20.1 Å². The van der Waals surface area contributed by atoms with E-state index in [9.17, 15) is 13.6 Å². The average molecular weight is 636 g/mol. The van der Waals surface area contributed by atoms with Gasteiger partial charge in [0.05, 0.1) is 29.9 Å². The summed E-state index contributed by atoms with van der Waals surface area (Å²) in [7, 11) is 5.54. The molecule has 0 spiro atoms. The minimum absolute atomic E-state index is 0.148. The van der Waals surface area contributed by atoms with Crippen molar-refractivity contribution in [3.05, 3.63) is 115 Å². The van der Waals surface area contributed by atoms with Crippen molar-refractivity contribution in [1.82, 2.24) is 24.3 Å². The second-order valence-electron chi connectivity index (χ2n) is 10.8. The Hall–Kier alpha value is -5.88. The maximum Gasteiger partial charge on any atom is 0.256 e. The van der Waals surface area contributed by atoms with E-state index in [1.807, 2.05) is 47.7 Å². The summed E-state index contributed by atoms with van der Waals surface area (Å²) in [5.74, 6) is -0.587. The lowest BCUT2D eigenvalue weighted by Crippen LogP contribution is -2.19. The number of hydrogen-bond acceptors (Lipinski definition) is 8. The maximum absolute atomic E-state index is 14.4. The van der Waals surface area contributed by atoms with Gasteiger partial charge in [-0.1, -0.05) is 24.3 Å². The molecular formula is C35H31F2N7O3. The molecule has 0 atom stereocenters. The van der Waals surface area contributed by atoms with Crippen LogP contribution in [0.4, 0.5) is 26.1 Å². The van der Waals surface area contributed by atoms with E-state index in [4.69, 9.17) is 19.4 Å². The number of methoxy groups -OCH3 is 1. The number of carbonyl (C=O) groups is 1. The van der Waals surface area contributed by atoms with Crippen LogP contribution in [0.2, 0.25) is 0 Å². The molecule has 12 heteroatoms. The Morgan fingerprint density at radius 2 is 1.79 bits per heavy atom. The summed E-state index contributed by atoms with van der Waals surface area (Å²) in [4.78, 5) is 29.7. The smallest absolute Gasteiger partial charge is 0.256 e. The van der Waals surface area contributed by atoms with E-state index in [0.717, 1.165) is 18.3 Å². The van der Waals surface area contributed by atoms with E-state index in [1.165, 1.54) is 6.07 Å². The van der Waals surface area contributed by atoms with Crippen LogP contribution in [-0.4, -0.2) is 64.5 Å². The van der Waals surface area contributed by atoms with Gasteiger partial charge in [0, 0.05) is 54.0 Å². The highest BCUT2D eigenvalue weighted by Gasteiger charge is 2.23. The summed E-state index contributed by atoms with van der Waals surface area (Å²) in [6.45, 7) is 1.33. The number of likely N-dealkylation sites (N-methyl/N-ethyl adjacent to an activating group) is 1. The third-order valence-electron chi connectivity index (χ3n) is 7.24. The summed E-state index contributed by atoms with van der Waals surface area (Å²) in [6, 6.07) is 22.6. The van der Waals surface area contributed by atoms with Crippen LogP contribution in [0.15, 0.2) is 97.3 Å². The van der Waals surface area contributed by atoms with Crippen LogP contribution in [0.3, 0.4) is 0 Å². The molecule has 0 aliphatic heterocycles. The van der Waals surface area contributed by atoms with E-state index in [2.05, 4.69) is 15.6 Å². The molecule has 2 N–H and O–H groups in total. The van der Waals surface area contributed by atoms with E-state index >= 15 is 0 Å². The van der Waals surface area contributed by atoms with Gasteiger partial charge in [0.15, 0.2) is 0 Å². The molecule has 0 saturated carbocycles.